The molecule has 1 atom stereocenters. The quantitative estimate of drug-likeness (QED) is 0.762. The maximum absolute atomic E-state index is 12.1. The average Bonchev–Trinajstić information content (AvgIpc) is 2.17. The Hall–Kier alpha value is -1.04. The summed E-state index contributed by atoms with van der Waals surface area (Å²) in [6, 6.07) is 0. The van der Waals surface area contributed by atoms with Crippen molar-refractivity contribution in [3.05, 3.63) is 18.1 Å². The Morgan fingerprint density at radius 3 is 2.47 bits per heavy atom. The van der Waals surface area contributed by atoms with E-state index in [1.165, 1.54) is 6.20 Å². The second-order valence-corrected chi connectivity index (χ2v) is 3.05. The van der Waals surface area contributed by atoms with E-state index in [0.29, 0.717) is 5.69 Å². The van der Waals surface area contributed by atoms with Crippen LogP contribution in [0.4, 0.5) is 13.2 Å². The largest absolute Gasteiger partial charge is 0.464 e. The van der Waals surface area contributed by atoms with Crippen LogP contribution in [0.5, 0.6) is 5.88 Å². The molecule has 1 rings (SSSR count). The van der Waals surface area contributed by atoms with Gasteiger partial charge < -0.3 is 4.74 Å². The summed E-state index contributed by atoms with van der Waals surface area (Å²) in [5, 5.41) is 0. The number of hydrogen-bond donors (Lipinski definition) is 0. The van der Waals surface area contributed by atoms with Gasteiger partial charge in [0.05, 0.1) is 24.0 Å². The highest BCUT2D eigenvalue weighted by Gasteiger charge is 2.38. The van der Waals surface area contributed by atoms with Gasteiger partial charge in [-0.05, 0) is 6.92 Å². The fraction of sp³-hybridized carbons (Fsp3) is 0.500. The molecule has 0 spiro atoms. The molecule has 1 heterocycles. The third kappa shape index (κ3) is 3.54. The molecule has 0 aliphatic carbocycles. The summed E-state index contributed by atoms with van der Waals surface area (Å²) in [7, 11) is 0. The van der Waals surface area contributed by atoms with Crippen molar-refractivity contribution in [2.75, 3.05) is 0 Å². The smallest absolute Gasteiger partial charge is 0.425 e. The summed E-state index contributed by atoms with van der Waals surface area (Å²) in [6.07, 6.45) is -3.94. The van der Waals surface area contributed by atoms with E-state index in [2.05, 4.69) is 14.7 Å². The van der Waals surface area contributed by atoms with Gasteiger partial charge in [0.1, 0.15) is 0 Å². The normalized spacial score (nSPS) is 13.7. The third-order valence-electron chi connectivity index (χ3n) is 1.58. The summed E-state index contributed by atoms with van der Waals surface area (Å²) < 4.78 is 40.8. The second kappa shape index (κ2) is 4.65. The van der Waals surface area contributed by atoms with E-state index in [4.69, 9.17) is 11.6 Å². The van der Waals surface area contributed by atoms with E-state index in [-0.39, 0.29) is 11.8 Å². The van der Waals surface area contributed by atoms with Gasteiger partial charge >= 0.3 is 6.18 Å². The molecule has 0 radical (unpaired) electrons. The van der Waals surface area contributed by atoms with Gasteiger partial charge in [0.2, 0.25) is 5.88 Å². The number of halogens is 4. The first-order valence-corrected chi connectivity index (χ1v) is 4.57. The minimum Gasteiger partial charge on any atom is -0.464 e. The van der Waals surface area contributed by atoms with E-state index in [9.17, 15) is 13.2 Å². The fourth-order valence-electron chi connectivity index (χ4n) is 0.721. The summed E-state index contributed by atoms with van der Waals surface area (Å²) in [4.78, 5) is 7.38. The van der Waals surface area contributed by atoms with Crippen LogP contribution in [0.3, 0.4) is 0 Å². The minimum absolute atomic E-state index is 0.155. The molecule has 0 saturated heterocycles. The molecule has 0 aromatic carbocycles. The van der Waals surface area contributed by atoms with Crippen LogP contribution < -0.4 is 4.74 Å². The van der Waals surface area contributed by atoms with Crippen LogP contribution in [0.25, 0.3) is 0 Å². The van der Waals surface area contributed by atoms with Crippen molar-refractivity contribution in [1.82, 2.24) is 9.97 Å². The summed E-state index contributed by atoms with van der Waals surface area (Å²) in [5.74, 6) is -0.0176. The van der Waals surface area contributed by atoms with Gasteiger partial charge in [-0.3, -0.25) is 4.98 Å². The molecular formula is C8H8ClF3N2O. The summed E-state index contributed by atoms with van der Waals surface area (Å²) >= 11 is 5.43. The van der Waals surface area contributed by atoms with Crippen molar-refractivity contribution >= 4 is 11.6 Å². The maximum Gasteiger partial charge on any atom is 0.425 e. The highest BCUT2D eigenvalue weighted by molar-refractivity contribution is 6.16. The predicted octanol–water partition coefficient (Wildman–Crippen LogP) is 2.55. The molecule has 3 nitrogen and oxygen atoms in total. The zero-order chi connectivity index (χ0) is 11.5. The van der Waals surface area contributed by atoms with Crippen molar-refractivity contribution in [1.29, 1.82) is 0 Å². The first-order valence-electron chi connectivity index (χ1n) is 4.03. The van der Waals surface area contributed by atoms with Crippen LogP contribution in [0, 0.1) is 0 Å². The number of aromatic nitrogens is 2. The first kappa shape index (κ1) is 12.0. The lowest BCUT2D eigenvalue weighted by Gasteiger charge is -2.16. The third-order valence-corrected chi connectivity index (χ3v) is 1.85. The average molecular weight is 241 g/mol. The van der Waals surface area contributed by atoms with Crippen molar-refractivity contribution in [3.63, 3.8) is 0 Å². The van der Waals surface area contributed by atoms with Gasteiger partial charge in [-0.15, -0.1) is 11.6 Å². The SMILES string of the molecule is CC(Oc1cnc(CCl)cn1)C(F)(F)F. The Bertz CT molecular complexity index is 315. The molecule has 0 saturated carbocycles. The van der Waals surface area contributed by atoms with Crippen molar-refractivity contribution in [2.45, 2.75) is 25.1 Å². The number of hydrogen-bond acceptors (Lipinski definition) is 3. The molecule has 0 aliphatic heterocycles. The Kier molecular flexibility index (Phi) is 3.73. The molecule has 84 valence electrons. The Balaban J connectivity index is 2.65. The molecule has 7 heteroatoms. The predicted molar refractivity (Wildman–Crippen MR) is 47.7 cm³/mol. The zero-order valence-corrected chi connectivity index (χ0v) is 8.51. The monoisotopic (exact) mass is 240 g/mol. The van der Waals surface area contributed by atoms with E-state index in [0.717, 1.165) is 13.1 Å². The zero-order valence-electron chi connectivity index (χ0n) is 7.75. The Labute approximate surface area is 89.2 Å². The lowest BCUT2D eigenvalue weighted by atomic mass is 10.4. The lowest BCUT2D eigenvalue weighted by molar-refractivity contribution is -0.190. The van der Waals surface area contributed by atoms with Crippen LogP contribution in [0.1, 0.15) is 12.6 Å². The van der Waals surface area contributed by atoms with E-state index in [1.807, 2.05) is 0 Å². The summed E-state index contributed by atoms with van der Waals surface area (Å²) in [6.45, 7) is 0.900. The van der Waals surface area contributed by atoms with Crippen molar-refractivity contribution in [2.24, 2.45) is 0 Å². The van der Waals surface area contributed by atoms with Gasteiger partial charge in [-0.25, -0.2) is 4.98 Å². The number of rotatable bonds is 3. The van der Waals surface area contributed by atoms with E-state index >= 15 is 0 Å². The van der Waals surface area contributed by atoms with Crippen molar-refractivity contribution < 1.29 is 17.9 Å². The van der Waals surface area contributed by atoms with Crippen LogP contribution in [-0.4, -0.2) is 22.2 Å². The summed E-state index contributed by atoms with van der Waals surface area (Å²) in [5.41, 5.74) is 0.476. The van der Waals surface area contributed by atoms with Gasteiger partial charge in [0.15, 0.2) is 6.10 Å². The topological polar surface area (TPSA) is 35.0 Å². The number of alkyl halides is 4. The molecule has 1 aromatic heterocycles. The second-order valence-electron chi connectivity index (χ2n) is 2.78. The van der Waals surface area contributed by atoms with Gasteiger partial charge in [-0.2, -0.15) is 13.2 Å². The van der Waals surface area contributed by atoms with Crippen LogP contribution in [-0.2, 0) is 5.88 Å². The van der Waals surface area contributed by atoms with Crippen molar-refractivity contribution in [3.8, 4) is 5.88 Å². The first-order chi connectivity index (χ1) is 6.93. The lowest BCUT2D eigenvalue weighted by Crippen LogP contribution is -2.31. The van der Waals surface area contributed by atoms with Crippen LogP contribution in [0.15, 0.2) is 12.4 Å². The maximum atomic E-state index is 12.1. The number of nitrogens with zero attached hydrogens (tertiary/aromatic N) is 2. The van der Waals surface area contributed by atoms with Crippen LogP contribution in [0.2, 0.25) is 0 Å². The van der Waals surface area contributed by atoms with Gasteiger partial charge in [0, 0.05) is 0 Å². The molecule has 15 heavy (non-hydrogen) atoms. The fourth-order valence-corrected chi connectivity index (χ4v) is 0.859. The van der Waals surface area contributed by atoms with Gasteiger partial charge in [0.25, 0.3) is 0 Å². The van der Waals surface area contributed by atoms with Crippen LogP contribution >= 0.6 is 11.6 Å². The van der Waals surface area contributed by atoms with E-state index in [1.54, 1.807) is 0 Å². The van der Waals surface area contributed by atoms with E-state index < -0.39 is 12.3 Å². The highest BCUT2D eigenvalue weighted by atomic mass is 35.5. The number of ether oxygens (including phenoxy) is 1. The minimum atomic E-state index is -4.41. The Morgan fingerprint density at radius 1 is 1.40 bits per heavy atom. The Morgan fingerprint density at radius 2 is 2.07 bits per heavy atom. The molecule has 1 aromatic rings. The molecular weight excluding hydrogens is 233 g/mol. The molecule has 1 unspecified atom stereocenters. The molecule has 0 bridgehead atoms. The standard InChI is InChI=1S/C8H8ClF3N2O/c1-5(8(10,11)12)15-7-4-13-6(2-9)3-14-7/h3-5H,2H2,1H3. The molecule has 0 fully saturated rings. The highest BCUT2D eigenvalue weighted by Crippen LogP contribution is 2.23. The van der Waals surface area contributed by atoms with Gasteiger partial charge in [-0.1, -0.05) is 0 Å². The molecule has 0 amide bonds. The molecule has 0 aliphatic rings. The molecule has 0 N–H and O–H groups in total.